The summed E-state index contributed by atoms with van der Waals surface area (Å²) in [6.45, 7) is 2.98. The van der Waals surface area contributed by atoms with Gasteiger partial charge in [-0.25, -0.2) is 0 Å². The lowest BCUT2D eigenvalue weighted by molar-refractivity contribution is -0.148. The number of hydrogen-bond donors (Lipinski definition) is 3. The van der Waals surface area contributed by atoms with Crippen LogP contribution in [0.25, 0.3) is 0 Å². The number of carbonyl (C=O) groups is 3. The zero-order chi connectivity index (χ0) is 16.5. The second-order valence-electron chi connectivity index (χ2n) is 6.19. The monoisotopic (exact) mass is 324 g/mol. The molecular weight excluding hydrogens is 304 g/mol. The number of carbonyl (C=O) groups excluding carboxylic acids is 2. The van der Waals surface area contributed by atoms with Gasteiger partial charge in [0, 0.05) is 11.3 Å². The topological polar surface area (TPSA) is 109 Å². The fourth-order valence-electron chi connectivity index (χ4n) is 2.56. The average molecular weight is 324 g/mol. The number of aryl methyl sites for hydroxylation is 1. The smallest absolute Gasteiger partial charge is 0.309 e. The van der Waals surface area contributed by atoms with Crippen LogP contribution in [0.4, 0.5) is 5.00 Å². The van der Waals surface area contributed by atoms with Crippen molar-refractivity contribution in [2.24, 2.45) is 11.1 Å². The minimum Gasteiger partial charge on any atom is -0.481 e. The Bertz CT molecular complexity index is 634. The number of nitrogens with two attached hydrogens (primary N) is 1. The Kier molecular flexibility index (Phi) is 4.55. The van der Waals surface area contributed by atoms with E-state index < -0.39 is 23.2 Å². The molecule has 7 heteroatoms. The molecule has 1 aromatic rings. The van der Waals surface area contributed by atoms with Crippen molar-refractivity contribution in [2.75, 3.05) is 5.32 Å². The Hall–Kier alpha value is -1.89. The molecule has 0 spiro atoms. The first-order chi connectivity index (χ1) is 10.2. The number of carboxylic acid groups (broad SMARTS) is 1. The molecule has 6 nitrogen and oxygen atoms in total. The number of hydrogen-bond acceptors (Lipinski definition) is 4. The molecule has 1 aromatic heterocycles. The van der Waals surface area contributed by atoms with Crippen molar-refractivity contribution in [1.82, 2.24) is 0 Å². The molecule has 0 saturated heterocycles. The molecule has 0 bridgehead atoms. The van der Waals surface area contributed by atoms with Crippen LogP contribution in [0.5, 0.6) is 0 Å². The fraction of sp³-hybridized carbons (Fsp3) is 0.533. The van der Waals surface area contributed by atoms with Crippen LogP contribution in [-0.2, 0) is 22.4 Å². The second kappa shape index (κ2) is 6.08. The van der Waals surface area contributed by atoms with E-state index in [1.54, 1.807) is 0 Å². The van der Waals surface area contributed by atoms with Gasteiger partial charge in [0.25, 0.3) is 5.91 Å². The fourth-order valence-corrected chi connectivity index (χ4v) is 3.87. The molecular formula is C15H20N2O4S. The van der Waals surface area contributed by atoms with Gasteiger partial charge < -0.3 is 16.2 Å². The maximum Gasteiger partial charge on any atom is 0.309 e. The zero-order valence-electron chi connectivity index (χ0n) is 12.7. The van der Waals surface area contributed by atoms with E-state index in [4.69, 9.17) is 10.8 Å². The van der Waals surface area contributed by atoms with Crippen LogP contribution < -0.4 is 11.1 Å². The highest BCUT2D eigenvalue weighted by Crippen LogP contribution is 2.38. The van der Waals surface area contributed by atoms with Crippen LogP contribution in [0, 0.1) is 5.41 Å². The molecule has 22 heavy (non-hydrogen) atoms. The van der Waals surface area contributed by atoms with E-state index in [1.807, 2.05) is 0 Å². The molecule has 1 aliphatic carbocycles. The first kappa shape index (κ1) is 16.5. The largest absolute Gasteiger partial charge is 0.481 e. The Labute approximate surface area is 132 Å². The molecule has 0 aromatic carbocycles. The van der Waals surface area contributed by atoms with E-state index in [2.05, 4.69) is 5.32 Å². The summed E-state index contributed by atoms with van der Waals surface area (Å²) in [6, 6.07) is 0. The van der Waals surface area contributed by atoms with Crippen LogP contribution >= 0.6 is 11.3 Å². The van der Waals surface area contributed by atoms with Crippen molar-refractivity contribution in [3.63, 3.8) is 0 Å². The molecule has 0 radical (unpaired) electrons. The summed E-state index contributed by atoms with van der Waals surface area (Å²) in [5.41, 5.74) is 5.63. The minimum atomic E-state index is -1.16. The molecule has 2 rings (SSSR count). The molecule has 1 heterocycles. The van der Waals surface area contributed by atoms with Gasteiger partial charge in [0.1, 0.15) is 5.00 Å². The van der Waals surface area contributed by atoms with Gasteiger partial charge in [0.15, 0.2) is 0 Å². The number of fused-ring (bicyclic) bond motifs is 1. The number of amides is 2. The number of primary amides is 1. The van der Waals surface area contributed by atoms with Crippen LogP contribution in [0.1, 0.15) is 53.9 Å². The van der Waals surface area contributed by atoms with Crippen LogP contribution in [0.3, 0.4) is 0 Å². The van der Waals surface area contributed by atoms with Crippen LogP contribution in [-0.4, -0.2) is 22.9 Å². The van der Waals surface area contributed by atoms with Gasteiger partial charge in [-0.2, -0.15) is 0 Å². The lowest BCUT2D eigenvalue weighted by Gasteiger charge is -2.18. The van der Waals surface area contributed by atoms with Gasteiger partial charge in [-0.05, 0) is 45.1 Å². The normalized spacial score (nSPS) is 14.3. The minimum absolute atomic E-state index is 0.164. The van der Waals surface area contributed by atoms with Crippen molar-refractivity contribution in [3.8, 4) is 0 Å². The highest BCUT2D eigenvalue weighted by atomic mass is 32.1. The zero-order valence-corrected chi connectivity index (χ0v) is 13.5. The molecule has 0 saturated carbocycles. The van der Waals surface area contributed by atoms with Crippen LogP contribution in [0.15, 0.2) is 0 Å². The van der Waals surface area contributed by atoms with Gasteiger partial charge in [-0.1, -0.05) is 0 Å². The highest BCUT2D eigenvalue weighted by Gasteiger charge is 2.31. The molecule has 120 valence electrons. The number of anilines is 1. The summed E-state index contributed by atoms with van der Waals surface area (Å²) in [6.07, 6.45) is 3.58. The molecule has 0 unspecified atom stereocenters. The van der Waals surface area contributed by atoms with Crippen molar-refractivity contribution >= 4 is 34.1 Å². The molecule has 1 aliphatic rings. The summed E-state index contributed by atoms with van der Waals surface area (Å²) >= 11 is 1.37. The van der Waals surface area contributed by atoms with Gasteiger partial charge >= 0.3 is 5.97 Å². The predicted molar refractivity (Wildman–Crippen MR) is 84.1 cm³/mol. The molecule has 2 amide bonds. The summed E-state index contributed by atoms with van der Waals surface area (Å²) in [4.78, 5) is 36.0. The quantitative estimate of drug-likeness (QED) is 0.771. The number of aliphatic carboxylic acids is 1. The van der Waals surface area contributed by atoms with Gasteiger partial charge in [-0.15, -0.1) is 11.3 Å². The van der Waals surface area contributed by atoms with E-state index in [0.29, 0.717) is 10.6 Å². The van der Waals surface area contributed by atoms with E-state index in [9.17, 15) is 14.4 Å². The first-order valence-electron chi connectivity index (χ1n) is 7.20. The second-order valence-corrected chi connectivity index (χ2v) is 7.30. The number of nitrogens with one attached hydrogen (secondary N) is 1. The third-order valence-electron chi connectivity index (χ3n) is 3.85. The first-order valence-corrected chi connectivity index (χ1v) is 8.01. The van der Waals surface area contributed by atoms with Crippen molar-refractivity contribution in [1.29, 1.82) is 0 Å². The van der Waals surface area contributed by atoms with E-state index >= 15 is 0 Å². The average Bonchev–Trinajstić information content (AvgIpc) is 2.75. The van der Waals surface area contributed by atoms with Crippen molar-refractivity contribution in [2.45, 2.75) is 46.0 Å². The molecule has 0 atom stereocenters. The van der Waals surface area contributed by atoms with Crippen molar-refractivity contribution < 1.29 is 19.5 Å². The van der Waals surface area contributed by atoms with Gasteiger partial charge in [-0.3, -0.25) is 14.4 Å². The standard InChI is InChI=1S/C15H20N2O4S/c1-15(2,14(20)21)7-10(18)17-13-11(12(16)19)8-5-3-4-6-9(8)22-13/h3-7H2,1-2H3,(H2,16,19)(H,17,18)(H,20,21). The molecule has 0 aliphatic heterocycles. The summed E-state index contributed by atoms with van der Waals surface area (Å²) < 4.78 is 0. The Morgan fingerprint density at radius 2 is 1.91 bits per heavy atom. The SMILES string of the molecule is CC(C)(CC(=O)Nc1sc2c(c1C(N)=O)CCCC2)C(=O)O. The molecule has 4 N–H and O–H groups in total. The highest BCUT2D eigenvalue weighted by molar-refractivity contribution is 7.17. The van der Waals surface area contributed by atoms with E-state index in [1.165, 1.54) is 25.2 Å². The van der Waals surface area contributed by atoms with Crippen molar-refractivity contribution in [3.05, 3.63) is 16.0 Å². The van der Waals surface area contributed by atoms with E-state index in [0.717, 1.165) is 36.1 Å². The lowest BCUT2D eigenvalue weighted by Crippen LogP contribution is -2.29. The summed E-state index contributed by atoms with van der Waals surface area (Å²) in [7, 11) is 0. The van der Waals surface area contributed by atoms with Crippen LogP contribution in [0.2, 0.25) is 0 Å². The Morgan fingerprint density at radius 1 is 1.27 bits per heavy atom. The Balaban J connectivity index is 2.23. The number of carboxylic acids is 1. The number of rotatable bonds is 5. The predicted octanol–water partition coefficient (Wildman–Crippen LogP) is 2.17. The third kappa shape index (κ3) is 3.30. The van der Waals surface area contributed by atoms with Gasteiger partial charge in [0.05, 0.1) is 11.0 Å². The van der Waals surface area contributed by atoms with E-state index in [-0.39, 0.29) is 6.42 Å². The third-order valence-corrected chi connectivity index (χ3v) is 5.06. The summed E-state index contributed by atoms with van der Waals surface area (Å²) in [5.74, 6) is -2.01. The summed E-state index contributed by atoms with van der Waals surface area (Å²) in [5, 5.41) is 12.2. The van der Waals surface area contributed by atoms with Gasteiger partial charge in [0.2, 0.25) is 5.91 Å². The lowest BCUT2D eigenvalue weighted by atomic mass is 9.89. The maximum absolute atomic E-state index is 12.1. The number of thiophene rings is 1. The maximum atomic E-state index is 12.1. The molecule has 0 fully saturated rings. The Morgan fingerprint density at radius 3 is 2.50 bits per heavy atom.